The fourth-order valence-corrected chi connectivity index (χ4v) is 2.32. The number of hydrogen-bond donors (Lipinski definition) is 2. The molecular formula is C16H25NO5S. The summed E-state index contributed by atoms with van der Waals surface area (Å²) in [5.74, 6) is -0.557. The van der Waals surface area contributed by atoms with Crippen molar-refractivity contribution < 1.29 is 23.1 Å². The van der Waals surface area contributed by atoms with Crippen LogP contribution in [0.3, 0.4) is 0 Å². The molecule has 0 aliphatic carbocycles. The maximum absolute atomic E-state index is 12.1. The van der Waals surface area contributed by atoms with Gasteiger partial charge in [0, 0.05) is 0 Å². The van der Waals surface area contributed by atoms with E-state index >= 15 is 0 Å². The Kier molecular flexibility index (Phi) is 7.34. The number of esters is 1. The van der Waals surface area contributed by atoms with E-state index in [2.05, 4.69) is 5.48 Å². The second-order valence-corrected chi connectivity index (χ2v) is 7.60. The van der Waals surface area contributed by atoms with Crippen molar-refractivity contribution in [2.45, 2.75) is 57.8 Å². The molecule has 0 aromatic heterocycles. The van der Waals surface area contributed by atoms with Gasteiger partial charge in [-0.15, -0.1) is 0 Å². The van der Waals surface area contributed by atoms with Crippen LogP contribution in [0.4, 0.5) is 0 Å². The number of rotatable bonds is 7. The van der Waals surface area contributed by atoms with Crippen LogP contribution in [0.1, 0.15) is 40.2 Å². The minimum absolute atomic E-state index is 0.0832. The predicted octanol–water partition coefficient (Wildman–Crippen LogP) is 2.09. The number of nitrogens with one attached hydrogen (secondary N) is 1. The van der Waals surface area contributed by atoms with E-state index < -0.39 is 28.7 Å². The lowest BCUT2D eigenvalue weighted by Crippen LogP contribution is -2.44. The van der Waals surface area contributed by atoms with Crippen molar-refractivity contribution in [3.8, 4) is 0 Å². The first-order valence-electron chi connectivity index (χ1n) is 7.41. The molecule has 2 unspecified atom stereocenters. The van der Waals surface area contributed by atoms with E-state index in [0.717, 1.165) is 0 Å². The average Bonchev–Trinajstić information content (AvgIpc) is 2.45. The normalized spacial score (nSPS) is 14.6. The minimum atomic E-state index is -1.77. The second-order valence-electron chi connectivity index (χ2n) is 6.49. The predicted molar refractivity (Wildman–Crippen MR) is 87.5 cm³/mol. The molecule has 0 radical (unpaired) electrons. The quantitative estimate of drug-likeness (QED) is 0.582. The summed E-state index contributed by atoms with van der Waals surface area (Å²) in [6.07, 6.45) is 0. The van der Waals surface area contributed by atoms with Crippen LogP contribution in [0.15, 0.2) is 29.2 Å². The topological polar surface area (TPSA) is 84.9 Å². The highest BCUT2D eigenvalue weighted by atomic mass is 32.2. The van der Waals surface area contributed by atoms with Crippen LogP contribution in [-0.2, 0) is 31.5 Å². The molecule has 1 rings (SSSR count). The minimum Gasteiger partial charge on any atom is -0.459 e. The van der Waals surface area contributed by atoms with Crippen molar-refractivity contribution in [1.82, 2.24) is 5.48 Å². The number of carbonyl (C=O) groups excluding carboxylic acids is 1. The molecule has 2 atom stereocenters. The largest absolute Gasteiger partial charge is 0.459 e. The SMILES string of the molecule is CC(C)C(NOS(=O)c1ccc(CO)cc1)C(=O)OC(C)(C)C. The Morgan fingerprint density at radius 3 is 2.26 bits per heavy atom. The second kappa shape index (κ2) is 8.54. The molecule has 1 aromatic carbocycles. The van der Waals surface area contributed by atoms with Gasteiger partial charge in [0.2, 0.25) is 11.1 Å². The first-order valence-corrected chi connectivity index (χ1v) is 8.49. The lowest BCUT2D eigenvalue weighted by molar-refractivity contribution is -0.161. The fraction of sp³-hybridized carbons (Fsp3) is 0.562. The highest BCUT2D eigenvalue weighted by Crippen LogP contribution is 2.14. The summed E-state index contributed by atoms with van der Waals surface area (Å²) in [4.78, 5) is 12.6. The van der Waals surface area contributed by atoms with Crippen molar-refractivity contribution in [3.63, 3.8) is 0 Å². The van der Waals surface area contributed by atoms with Gasteiger partial charge in [-0.3, -0.25) is 4.79 Å². The zero-order valence-corrected chi connectivity index (χ0v) is 15.0. The average molecular weight is 343 g/mol. The Morgan fingerprint density at radius 2 is 1.83 bits per heavy atom. The standard InChI is InChI=1S/C16H25NO5S/c1-11(2)14(15(19)21-16(3,4)5)17-22-23(20)13-8-6-12(10-18)7-9-13/h6-9,11,14,17-18H,10H2,1-5H3. The third-order valence-electron chi connectivity index (χ3n) is 2.88. The van der Waals surface area contributed by atoms with Gasteiger partial charge in [0.1, 0.15) is 11.6 Å². The van der Waals surface area contributed by atoms with Crippen LogP contribution in [-0.4, -0.2) is 26.9 Å². The third-order valence-corrected chi connectivity index (χ3v) is 3.78. The van der Waals surface area contributed by atoms with Gasteiger partial charge < -0.3 is 9.84 Å². The van der Waals surface area contributed by atoms with Gasteiger partial charge in [-0.25, -0.2) is 4.21 Å². The summed E-state index contributed by atoms with van der Waals surface area (Å²) in [5.41, 5.74) is 2.65. The van der Waals surface area contributed by atoms with Gasteiger partial charge in [-0.05, 0) is 44.4 Å². The van der Waals surface area contributed by atoms with Gasteiger partial charge >= 0.3 is 5.97 Å². The first-order chi connectivity index (χ1) is 10.6. The number of aliphatic hydroxyl groups excluding tert-OH is 1. The molecule has 0 amide bonds. The summed E-state index contributed by atoms with van der Waals surface area (Å²) in [6.45, 7) is 8.94. The summed E-state index contributed by atoms with van der Waals surface area (Å²) >= 11 is -1.77. The summed E-state index contributed by atoms with van der Waals surface area (Å²) < 4.78 is 22.5. The van der Waals surface area contributed by atoms with Gasteiger partial charge in [0.15, 0.2) is 0 Å². The molecule has 0 bridgehead atoms. The monoisotopic (exact) mass is 343 g/mol. The zero-order chi connectivity index (χ0) is 17.6. The molecular weight excluding hydrogens is 318 g/mol. The van der Waals surface area contributed by atoms with Crippen LogP contribution in [0, 0.1) is 5.92 Å². The first kappa shape index (κ1) is 19.8. The van der Waals surface area contributed by atoms with Crippen LogP contribution in [0.25, 0.3) is 0 Å². The number of carbonyl (C=O) groups is 1. The number of hydroxylamine groups is 1. The van der Waals surface area contributed by atoms with E-state index in [1.807, 2.05) is 13.8 Å². The smallest absolute Gasteiger partial charge is 0.326 e. The van der Waals surface area contributed by atoms with Gasteiger partial charge in [-0.2, -0.15) is 9.76 Å². The molecule has 7 heteroatoms. The van der Waals surface area contributed by atoms with Crippen molar-refractivity contribution in [1.29, 1.82) is 0 Å². The maximum atomic E-state index is 12.1. The highest BCUT2D eigenvalue weighted by Gasteiger charge is 2.28. The van der Waals surface area contributed by atoms with Crippen LogP contribution < -0.4 is 5.48 Å². The van der Waals surface area contributed by atoms with Crippen molar-refractivity contribution >= 4 is 17.0 Å². The lowest BCUT2D eigenvalue weighted by atomic mass is 10.1. The maximum Gasteiger partial charge on any atom is 0.326 e. The molecule has 2 N–H and O–H groups in total. The molecule has 0 aliphatic heterocycles. The zero-order valence-electron chi connectivity index (χ0n) is 14.2. The molecule has 0 heterocycles. The Balaban J connectivity index is 2.67. The number of hydrogen-bond acceptors (Lipinski definition) is 6. The molecule has 0 spiro atoms. The molecule has 0 fully saturated rings. The number of benzene rings is 1. The third kappa shape index (κ3) is 6.78. The van der Waals surface area contributed by atoms with Crippen molar-refractivity contribution in [3.05, 3.63) is 29.8 Å². The van der Waals surface area contributed by atoms with Crippen molar-refractivity contribution in [2.75, 3.05) is 0 Å². The van der Waals surface area contributed by atoms with Crippen LogP contribution >= 0.6 is 0 Å². The fourth-order valence-electron chi connectivity index (χ4n) is 1.67. The Bertz CT molecular complexity index is 536. The number of aliphatic hydroxyl groups is 1. The Hall–Kier alpha value is -1.28. The molecule has 23 heavy (non-hydrogen) atoms. The van der Waals surface area contributed by atoms with Gasteiger partial charge in [-0.1, -0.05) is 26.0 Å². The van der Waals surface area contributed by atoms with E-state index in [1.165, 1.54) is 0 Å². The van der Waals surface area contributed by atoms with E-state index in [0.29, 0.717) is 10.5 Å². The van der Waals surface area contributed by atoms with E-state index in [1.54, 1.807) is 45.0 Å². The van der Waals surface area contributed by atoms with E-state index in [4.69, 9.17) is 14.1 Å². The summed E-state index contributed by atoms with van der Waals surface area (Å²) in [7, 11) is 0. The Morgan fingerprint density at radius 1 is 1.26 bits per heavy atom. The highest BCUT2D eigenvalue weighted by molar-refractivity contribution is 7.80. The van der Waals surface area contributed by atoms with Gasteiger partial charge in [0.25, 0.3) is 0 Å². The molecule has 6 nitrogen and oxygen atoms in total. The lowest BCUT2D eigenvalue weighted by Gasteiger charge is -2.25. The van der Waals surface area contributed by atoms with E-state index in [9.17, 15) is 9.00 Å². The molecule has 130 valence electrons. The number of ether oxygens (including phenoxy) is 1. The molecule has 1 aromatic rings. The Labute approximate surface area is 139 Å². The molecule has 0 saturated carbocycles. The van der Waals surface area contributed by atoms with Crippen LogP contribution in [0.2, 0.25) is 0 Å². The van der Waals surface area contributed by atoms with Crippen molar-refractivity contribution in [2.24, 2.45) is 5.92 Å². The van der Waals surface area contributed by atoms with Crippen LogP contribution in [0.5, 0.6) is 0 Å². The molecule has 0 saturated heterocycles. The summed E-state index contributed by atoms with van der Waals surface area (Å²) in [5, 5.41) is 8.99. The molecule has 0 aliphatic rings. The van der Waals surface area contributed by atoms with Gasteiger partial charge in [0.05, 0.1) is 11.5 Å². The summed E-state index contributed by atoms with van der Waals surface area (Å²) in [6, 6.07) is 5.78. The van der Waals surface area contributed by atoms with E-state index in [-0.39, 0.29) is 12.5 Å².